The minimum atomic E-state index is -0.0678. The van der Waals surface area contributed by atoms with Gasteiger partial charge >= 0.3 is 0 Å². The molecule has 1 aliphatic rings. The topological polar surface area (TPSA) is 69.3 Å². The smallest absolute Gasteiger partial charge is 0.273 e. The quantitative estimate of drug-likeness (QED) is 0.769. The molecule has 1 fully saturated rings. The number of thiazole rings is 1. The van der Waals surface area contributed by atoms with Crippen molar-refractivity contribution < 1.29 is 9.59 Å². The lowest BCUT2D eigenvalue weighted by Crippen LogP contribution is -2.50. The standard InChI is InChI=1S/C18H18N4O2S/c1-12(23)21-6-8-22(9-7-21)18(24)16-11-25-17(20-16)15-10-13-4-2-3-5-14(13)19-15/h2-5,10-11,19H,6-9H2,1H3. The molecule has 0 radical (unpaired) electrons. The lowest BCUT2D eigenvalue weighted by molar-refractivity contribution is -0.130. The monoisotopic (exact) mass is 354 g/mol. The van der Waals surface area contributed by atoms with Gasteiger partial charge in [-0.1, -0.05) is 18.2 Å². The Hall–Kier alpha value is -2.67. The Kier molecular flexibility index (Phi) is 4.01. The summed E-state index contributed by atoms with van der Waals surface area (Å²) in [5, 5.41) is 3.74. The molecular weight excluding hydrogens is 336 g/mol. The van der Waals surface area contributed by atoms with Gasteiger partial charge < -0.3 is 14.8 Å². The molecule has 25 heavy (non-hydrogen) atoms. The number of nitrogens with one attached hydrogen (secondary N) is 1. The van der Waals surface area contributed by atoms with Crippen LogP contribution in [0.5, 0.6) is 0 Å². The molecular formula is C18H18N4O2S. The van der Waals surface area contributed by atoms with Crippen LogP contribution in [0.3, 0.4) is 0 Å². The van der Waals surface area contributed by atoms with Crippen LogP contribution >= 0.6 is 11.3 Å². The van der Waals surface area contributed by atoms with E-state index in [-0.39, 0.29) is 11.8 Å². The van der Waals surface area contributed by atoms with E-state index in [2.05, 4.69) is 9.97 Å². The van der Waals surface area contributed by atoms with Gasteiger partial charge in [-0.15, -0.1) is 11.3 Å². The highest BCUT2D eigenvalue weighted by molar-refractivity contribution is 7.13. The SMILES string of the molecule is CC(=O)N1CCN(C(=O)c2csc(-c3cc4ccccc4[nH]3)n2)CC1. The number of aromatic amines is 1. The number of piperazine rings is 1. The molecule has 3 aromatic rings. The molecule has 1 saturated heterocycles. The second-order valence-corrected chi connectivity index (χ2v) is 6.96. The van der Waals surface area contributed by atoms with Crippen molar-refractivity contribution in [1.82, 2.24) is 19.8 Å². The fourth-order valence-corrected chi connectivity index (χ4v) is 3.84. The van der Waals surface area contributed by atoms with Crippen molar-refractivity contribution in [1.29, 1.82) is 0 Å². The summed E-state index contributed by atoms with van der Waals surface area (Å²) < 4.78 is 0. The highest BCUT2D eigenvalue weighted by Crippen LogP contribution is 2.27. The van der Waals surface area contributed by atoms with Crippen molar-refractivity contribution >= 4 is 34.1 Å². The molecule has 0 atom stereocenters. The van der Waals surface area contributed by atoms with Gasteiger partial charge in [0, 0.05) is 49.4 Å². The third-order valence-electron chi connectivity index (χ3n) is 4.50. The Morgan fingerprint density at radius 1 is 1.12 bits per heavy atom. The van der Waals surface area contributed by atoms with Gasteiger partial charge in [-0.3, -0.25) is 9.59 Å². The molecule has 1 aromatic carbocycles. The number of para-hydroxylation sites is 1. The van der Waals surface area contributed by atoms with Crippen molar-refractivity contribution in [3.63, 3.8) is 0 Å². The predicted octanol–water partition coefficient (Wildman–Crippen LogP) is 2.60. The summed E-state index contributed by atoms with van der Waals surface area (Å²) in [6.45, 7) is 3.83. The second kappa shape index (κ2) is 6.33. The van der Waals surface area contributed by atoms with Crippen LogP contribution in [0, 0.1) is 0 Å². The third-order valence-corrected chi connectivity index (χ3v) is 5.37. The molecule has 1 N–H and O–H groups in total. The maximum atomic E-state index is 12.6. The third kappa shape index (κ3) is 3.02. The van der Waals surface area contributed by atoms with Crippen LogP contribution in [0.4, 0.5) is 0 Å². The lowest BCUT2D eigenvalue weighted by atomic mass is 10.2. The summed E-state index contributed by atoms with van der Waals surface area (Å²) in [5.41, 5.74) is 2.45. The first-order valence-corrected chi connectivity index (χ1v) is 9.08. The number of H-pyrrole nitrogens is 1. The maximum Gasteiger partial charge on any atom is 0.273 e. The summed E-state index contributed by atoms with van der Waals surface area (Å²) >= 11 is 1.46. The van der Waals surface area contributed by atoms with E-state index in [4.69, 9.17) is 0 Å². The largest absolute Gasteiger partial charge is 0.353 e. The number of nitrogens with zero attached hydrogens (tertiary/aromatic N) is 3. The summed E-state index contributed by atoms with van der Waals surface area (Å²) in [6.07, 6.45) is 0. The van der Waals surface area contributed by atoms with Crippen molar-refractivity contribution in [2.75, 3.05) is 26.2 Å². The Labute approximate surface area is 149 Å². The van der Waals surface area contributed by atoms with E-state index in [1.54, 1.807) is 22.1 Å². The van der Waals surface area contributed by atoms with E-state index in [9.17, 15) is 9.59 Å². The van der Waals surface area contributed by atoms with Crippen molar-refractivity contribution in [2.45, 2.75) is 6.92 Å². The summed E-state index contributed by atoms with van der Waals surface area (Å²) in [6, 6.07) is 10.1. The number of amides is 2. The summed E-state index contributed by atoms with van der Waals surface area (Å²) in [5.74, 6) is -0.0105. The van der Waals surface area contributed by atoms with Gasteiger partial charge in [0.15, 0.2) is 0 Å². The van der Waals surface area contributed by atoms with Crippen LogP contribution in [-0.4, -0.2) is 57.8 Å². The van der Waals surface area contributed by atoms with E-state index < -0.39 is 0 Å². The zero-order chi connectivity index (χ0) is 17.4. The van der Waals surface area contributed by atoms with Crippen molar-refractivity contribution in [3.8, 4) is 10.7 Å². The van der Waals surface area contributed by atoms with Crippen LogP contribution in [0.2, 0.25) is 0 Å². The van der Waals surface area contributed by atoms with E-state index >= 15 is 0 Å². The van der Waals surface area contributed by atoms with Gasteiger partial charge in [0.05, 0.1) is 5.69 Å². The summed E-state index contributed by atoms with van der Waals surface area (Å²) in [4.78, 5) is 35.4. The van der Waals surface area contributed by atoms with Crippen LogP contribution in [0.15, 0.2) is 35.7 Å². The van der Waals surface area contributed by atoms with Gasteiger partial charge in [0.2, 0.25) is 5.91 Å². The molecule has 2 amide bonds. The molecule has 0 aliphatic carbocycles. The van der Waals surface area contributed by atoms with Crippen LogP contribution < -0.4 is 0 Å². The van der Waals surface area contributed by atoms with Crippen molar-refractivity contribution in [3.05, 3.63) is 41.4 Å². The molecule has 0 bridgehead atoms. The van der Waals surface area contributed by atoms with E-state index in [1.165, 1.54) is 11.3 Å². The van der Waals surface area contributed by atoms with E-state index in [0.717, 1.165) is 21.6 Å². The normalized spacial score (nSPS) is 14.9. The van der Waals surface area contributed by atoms with Gasteiger partial charge in [0.25, 0.3) is 5.91 Å². The molecule has 3 heterocycles. The van der Waals surface area contributed by atoms with Crippen LogP contribution in [-0.2, 0) is 4.79 Å². The second-order valence-electron chi connectivity index (χ2n) is 6.11. The summed E-state index contributed by atoms with van der Waals surface area (Å²) in [7, 11) is 0. The molecule has 2 aromatic heterocycles. The zero-order valence-corrected chi connectivity index (χ0v) is 14.7. The number of hydrogen-bond acceptors (Lipinski definition) is 4. The first-order chi connectivity index (χ1) is 12.1. The van der Waals surface area contributed by atoms with Crippen LogP contribution in [0.1, 0.15) is 17.4 Å². The molecule has 0 spiro atoms. The number of rotatable bonds is 2. The van der Waals surface area contributed by atoms with Crippen molar-refractivity contribution in [2.24, 2.45) is 0 Å². The fourth-order valence-electron chi connectivity index (χ4n) is 3.07. The van der Waals surface area contributed by atoms with Gasteiger partial charge in [-0.25, -0.2) is 4.98 Å². The molecule has 128 valence electrons. The molecule has 6 nitrogen and oxygen atoms in total. The van der Waals surface area contributed by atoms with E-state index in [1.807, 2.05) is 30.3 Å². The highest BCUT2D eigenvalue weighted by atomic mass is 32.1. The van der Waals surface area contributed by atoms with Crippen LogP contribution in [0.25, 0.3) is 21.6 Å². The minimum absolute atomic E-state index is 0.0573. The first kappa shape index (κ1) is 15.8. The Morgan fingerprint density at radius 2 is 1.84 bits per heavy atom. The van der Waals surface area contributed by atoms with E-state index in [0.29, 0.717) is 31.9 Å². The zero-order valence-electron chi connectivity index (χ0n) is 13.9. The molecule has 1 aliphatic heterocycles. The Bertz CT molecular complexity index is 904. The Morgan fingerprint density at radius 3 is 2.56 bits per heavy atom. The number of carbonyl (C=O) groups is 2. The number of aromatic nitrogens is 2. The van der Waals surface area contributed by atoms with Gasteiger partial charge in [-0.05, 0) is 12.1 Å². The Balaban J connectivity index is 1.51. The number of carbonyl (C=O) groups excluding carboxylic acids is 2. The van der Waals surface area contributed by atoms with Gasteiger partial charge in [0.1, 0.15) is 10.7 Å². The molecule has 7 heteroatoms. The lowest BCUT2D eigenvalue weighted by Gasteiger charge is -2.33. The van der Waals surface area contributed by atoms with Gasteiger partial charge in [-0.2, -0.15) is 0 Å². The highest BCUT2D eigenvalue weighted by Gasteiger charge is 2.25. The first-order valence-electron chi connectivity index (χ1n) is 8.20. The molecule has 0 unspecified atom stereocenters. The maximum absolute atomic E-state index is 12.6. The predicted molar refractivity (Wildman–Crippen MR) is 97.6 cm³/mol. The fraction of sp³-hybridized carbons (Fsp3) is 0.278. The number of benzene rings is 1. The molecule has 4 rings (SSSR count). The number of fused-ring (bicyclic) bond motifs is 1. The minimum Gasteiger partial charge on any atom is -0.353 e. The number of hydrogen-bond donors (Lipinski definition) is 1. The average molecular weight is 354 g/mol. The molecule has 0 saturated carbocycles. The average Bonchev–Trinajstić information content (AvgIpc) is 3.27.